The van der Waals surface area contributed by atoms with Gasteiger partial charge in [0, 0.05) is 20.0 Å². The second-order valence-corrected chi connectivity index (χ2v) is 3.69. The smallest absolute Gasteiger partial charge is 0.307 e. The standard InChI is InChI=1S/C10H19NO3/c1-8(2)7-11(9(3)12)6-5-10(13)14-4/h8H,5-7H2,1-4H3. The maximum atomic E-state index is 11.2. The Hall–Kier alpha value is -1.06. The Morgan fingerprint density at radius 1 is 1.36 bits per heavy atom. The summed E-state index contributed by atoms with van der Waals surface area (Å²) in [4.78, 5) is 23.7. The van der Waals surface area contributed by atoms with Crippen LogP contribution >= 0.6 is 0 Å². The molecular formula is C10H19NO3. The molecule has 0 N–H and O–H groups in total. The van der Waals surface area contributed by atoms with Crippen molar-refractivity contribution in [2.75, 3.05) is 20.2 Å². The van der Waals surface area contributed by atoms with E-state index >= 15 is 0 Å². The fraction of sp³-hybridized carbons (Fsp3) is 0.800. The maximum Gasteiger partial charge on any atom is 0.307 e. The van der Waals surface area contributed by atoms with E-state index in [1.54, 1.807) is 4.90 Å². The van der Waals surface area contributed by atoms with Crippen molar-refractivity contribution in [3.63, 3.8) is 0 Å². The Bertz CT molecular complexity index is 202. The van der Waals surface area contributed by atoms with Crippen LogP contribution in [0.5, 0.6) is 0 Å². The molecule has 0 aliphatic heterocycles. The predicted molar refractivity (Wildman–Crippen MR) is 53.7 cm³/mol. The average molecular weight is 201 g/mol. The van der Waals surface area contributed by atoms with Crippen LogP contribution in [0, 0.1) is 5.92 Å². The molecule has 0 radical (unpaired) electrons. The van der Waals surface area contributed by atoms with Gasteiger partial charge in [-0.25, -0.2) is 0 Å². The van der Waals surface area contributed by atoms with Crippen LogP contribution in [0.25, 0.3) is 0 Å². The molecule has 0 bridgehead atoms. The molecule has 0 saturated carbocycles. The number of amides is 1. The molecule has 14 heavy (non-hydrogen) atoms. The Morgan fingerprint density at radius 3 is 2.29 bits per heavy atom. The second kappa shape index (κ2) is 6.40. The molecule has 1 amide bonds. The number of carbonyl (C=O) groups is 2. The summed E-state index contributed by atoms with van der Waals surface area (Å²) in [5, 5.41) is 0. The molecule has 0 aliphatic rings. The highest BCUT2D eigenvalue weighted by molar-refractivity contribution is 5.74. The Kier molecular flexibility index (Phi) is 5.92. The zero-order valence-electron chi connectivity index (χ0n) is 9.37. The first-order chi connectivity index (χ1) is 6.47. The van der Waals surface area contributed by atoms with Crippen molar-refractivity contribution in [1.29, 1.82) is 0 Å². The van der Waals surface area contributed by atoms with Crippen LogP contribution in [0.1, 0.15) is 27.2 Å². The van der Waals surface area contributed by atoms with E-state index in [1.165, 1.54) is 14.0 Å². The summed E-state index contributed by atoms with van der Waals surface area (Å²) in [6.45, 7) is 6.72. The van der Waals surface area contributed by atoms with E-state index in [-0.39, 0.29) is 18.3 Å². The number of rotatable bonds is 5. The topological polar surface area (TPSA) is 46.6 Å². The van der Waals surface area contributed by atoms with Crippen molar-refractivity contribution < 1.29 is 14.3 Å². The van der Waals surface area contributed by atoms with Gasteiger partial charge in [-0.1, -0.05) is 13.8 Å². The summed E-state index contributed by atoms with van der Waals surface area (Å²) in [6, 6.07) is 0. The van der Waals surface area contributed by atoms with Crippen molar-refractivity contribution in [2.24, 2.45) is 5.92 Å². The van der Waals surface area contributed by atoms with E-state index in [0.717, 1.165) is 0 Å². The van der Waals surface area contributed by atoms with E-state index in [2.05, 4.69) is 4.74 Å². The van der Waals surface area contributed by atoms with E-state index in [1.807, 2.05) is 13.8 Å². The van der Waals surface area contributed by atoms with Gasteiger partial charge in [-0.2, -0.15) is 0 Å². The van der Waals surface area contributed by atoms with Crippen LogP contribution in [0.15, 0.2) is 0 Å². The van der Waals surface area contributed by atoms with Crippen LogP contribution in [-0.2, 0) is 14.3 Å². The first kappa shape index (κ1) is 12.9. The molecule has 0 aromatic heterocycles. The van der Waals surface area contributed by atoms with E-state index in [0.29, 0.717) is 19.0 Å². The van der Waals surface area contributed by atoms with Crippen molar-refractivity contribution >= 4 is 11.9 Å². The van der Waals surface area contributed by atoms with Crippen LogP contribution in [-0.4, -0.2) is 37.0 Å². The number of esters is 1. The highest BCUT2D eigenvalue weighted by Crippen LogP contribution is 2.01. The molecule has 0 heterocycles. The van der Waals surface area contributed by atoms with Crippen LogP contribution in [0.2, 0.25) is 0 Å². The summed E-state index contributed by atoms with van der Waals surface area (Å²) in [6.07, 6.45) is 0.267. The lowest BCUT2D eigenvalue weighted by Crippen LogP contribution is -2.34. The third kappa shape index (κ3) is 5.56. The molecule has 0 fully saturated rings. The molecule has 4 heteroatoms. The van der Waals surface area contributed by atoms with Crippen LogP contribution in [0.4, 0.5) is 0 Å². The SMILES string of the molecule is COC(=O)CCN(CC(C)C)C(C)=O. The Labute approximate surface area is 85.2 Å². The first-order valence-electron chi connectivity index (χ1n) is 4.79. The number of methoxy groups -OCH3 is 1. The zero-order valence-corrected chi connectivity index (χ0v) is 9.37. The fourth-order valence-corrected chi connectivity index (χ4v) is 1.15. The predicted octanol–water partition coefficient (Wildman–Crippen LogP) is 1.05. The van der Waals surface area contributed by atoms with Gasteiger partial charge in [0.25, 0.3) is 0 Å². The molecule has 82 valence electrons. The third-order valence-corrected chi connectivity index (χ3v) is 1.84. The molecule has 0 saturated heterocycles. The van der Waals surface area contributed by atoms with Gasteiger partial charge in [0.15, 0.2) is 0 Å². The molecule has 0 unspecified atom stereocenters. The van der Waals surface area contributed by atoms with Crippen LogP contribution < -0.4 is 0 Å². The molecule has 4 nitrogen and oxygen atoms in total. The Morgan fingerprint density at radius 2 is 1.93 bits per heavy atom. The Balaban J connectivity index is 3.97. The minimum absolute atomic E-state index is 0.00241. The van der Waals surface area contributed by atoms with E-state index in [4.69, 9.17) is 0 Å². The van der Waals surface area contributed by atoms with Crippen molar-refractivity contribution in [3.8, 4) is 0 Å². The van der Waals surface area contributed by atoms with Gasteiger partial charge in [-0.3, -0.25) is 9.59 Å². The number of hydrogen-bond acceptors (Lipinski definition) is 3. The molecule has 0 aliphatic carbocycles. The van der Waals surface area contributed by atoms with Gasteiger partial charge in [0.2, 0.25) is 5.91 Å². The average Bonchev–Trinajstić information content (AvgIpc) is 2.10. The normalized spacial score (nSPS) is 10.1. The summed E-state index contributed by atoms with van der Waals surface area (Å²) < 4.78 is 4.51. The van der Waals surface area contributed by atoms with Gasteiger partial charge in [0.1, 0.15) is 0 Å². The van der Waals surface area contributed by atoms with Gasteiger partial charge in [-0.05, 0) is 5.92 Å². The molecule has 0 spiro atoms. The maximum absolute atomic E-state index is 11.2. The molecule has 0 aromatic carbocycles. The molecule has 0 atom stereocenters. The number of ether oxygens (including phenoxy) is 1. The number of nitrogens with zero attached hydrogens (tertiary/aromatic N) is 1. The molecular weight excluding hydrogens is 182 g/mol. The summed E-state index contributed by atoms with van der Waals surface area (Å²) in [5.41, 5.74) is 0. The van der Waals surface area contributed by atoms with E-state index in [9.17, 15) is 9.59 Å². The summed E-state index contributed by atoms with van der Waals surface area (Å²) in [7, 11) is 1.35. The lowest BCUT2D eigenvalue weighted by molar-refractivity contribution is -0.141. The van der Waals surface area contributed by atoms with Crippen molar-refractivity contribution in [3.05, 3.63) is 0 Å². The van der Waals surface area contributed by atoms with Gasteiger partial charge >= 0.3 is 5.97 Å². The number of carbonyl (C=O) groups excluding carboxylic acids is 2. The molecule has 0 rings (SSSR count). The zero-order chi connectivity index (χ0) is 11.1. The quantitative estimate of drug-likeness (QED) is 0.625. The highest BCUT2D eigenvalue weighted by Gasteiger charge is 2.12. The highest BCUT2D eigenvalue weighted by atomic mass is 16.5. The molecule has 0 aromatic rings. The lowest BCUT2D eigenvalue weighted by atomic mass is 10.2. The lowest BCUT2D eigenvalue weighted by Gasteiger charge is -2.22. The minimum atomic E-state index is -0.278. The first-order valence-corrected chi connectivity index (χ1v) is 4.79. The minimum Gasteiger partial charge on any atom is -0.469 e. The van der Waals surface area contributed by atoms with Gasteiger partial charge < -0.3 is 9.64 Å². The van der Waals surface area contributed by atoms with E-state index < -0.39 is 0 Å². The largest absolute Gasteiger partial charge is 0.469 e. The number of hydrogen-bond donors (Lipinski definition) is 0. The fourth-order valence-electron chi connectivity index (χ4n) is 1.15. The summed E-state index contributed by atoms with van der Waals surface area (Å²) in [5.74, 6) is 0.138. The van der Waals surface area contributed by atoms with Crippen LogP contribution in [0.3, 0.4) is 0 Å². The van der Waals surface area contributed by atoms with Crippen molar-refractivity contribution in [2.45, 2.75) is 27.2 Å². The monoisotopic (exact) mass is 201 g/mol. The second-order valence-electron chi connectivity index (χ2n) is 3.69. The van der Waals surface area contributed by atoms with Gasteiger partial charge in [0.05, 0.1) is 13.5 Å². The summed E-state index contributed by atoms with van der Waals surface area (Å²) >= 11 is 0. The third-order valence-electron chi connectivity index (χ3n) is 1.84. The van der Waals surface area contributed by atoms with Crippen molar-refractivity contribution in [1.82, 2.24) is 4.90 Å². The van der Waals surface area contributed by atoms with Gasteiger partial charge in [-0.15, -0.1) is 0 Å².